The minimum Gasteiger partial charge on any atom is -0.542 e. The predicted octanol–water partition coefficient (Wildman–Crippen LogP) is 4.85. The minimum absolute atomic E-state index is 0.575. The largest absolute Gasteiger partial charge is 0.542 e. The first-order valence-electron chi connectivity index (χ1n) is 5.69. The van der Waals surface area contributed by atoms with Gasteiger partial charge >= 0.3 is 0 Å². The highest BCUT2D eigenvalue weighted by molar-refractivity contribution is 6.83. The van der Waals surface area contributed by atoms with Crippen LogP contribution in [0.15, 0.2) is 12.1 Å². The Kier molecular flexibility index (Phi) is 5.36. The highest BCUT2D eigenvalue weighted by atomic mass is 35.5. The monoisotopic (exact) mass is 315 g/mol. The van der Waals surface area contributed by atoms with Crippen molar-refractivity contribution in [2.75, 3.05) is 0 Å². The molecule has 1 nitrogen and oxygen atoms in total. The maximum absolute atomic E-state index is 6.20. The van der Waals surface area contributed by atoms with Crippen LogP contribution in [0.25, 0.3) is 0 Å². The molecule has 5 heteroatoms. The van der Waals surface area contributed by atoms with E-state index >= 15 is 0 Å². The fourth-order valence-corrected chi connectivity index (χ4v) is 2.76. The molecule has 0 aliphatic carbocycles. The van der Waals surface area contributed by atoms with E-state index in [0.717, 1.165) is 5.56 Å². The molecule has 97 valence electrons. The zero-order valence-electron chi connectivity index (χ0n) is 11.3. The second kappa shape index (κ2) is 6.16. The SMILES string of the molecule is C[Si](C)Oc1cc(Cl)c(C#C[Si](C)(C)C)cc1Cl. The van der Waals surface area contributed by atoms with Gasteiger partial charge < -0.3 is 4.43 Å². The van der Waals surface area contributed by atoms with Gasteiger partial charge in [-0.1, -0.05) is 48.8 Å². The lowest BCUT2D eigenvalue weighted by atomic mass is 10.2. The van der Waals surface area contributed by atoms with Crippen LogP contribution in [-0.2, 0) is 0 Å². The van der Waals surface area contributed by atoms with Crippen LogP contribution < -0.4 is 4.43 Å². The Morgan fingerprint density at radius 1 is 1.11 bits per heavy atom. The van der Waals surface area contributed by atoms with Gasteiger partial charge in [0.1, 0.15) is 13.8 Å². The molecule has 0 aromatic heterocycles. The van der Waals surface area contributed by atoms with E-state index in [1.807, 2.05) is 13.1 Å². The van der Waals surface area contributed by atoms with E-state index in [4.69, 9.17) is 27.6 Å². The molecule has 0 saturated carbocycles. The topological polar surface area (TPSA) is 9.23 Å². The van der Waals surface area contributed by atoms with Gasteiger partial charge in [0.2, 0.25) is 0 Å². The average molecular weight is 316 g/mol. The van der Waals surface area contributed by atoms with Crippen molar-refractivity contribution in [2.45, 2.75) is 32.7 Å². The molecule has 0 saturated heterocycles. The summed E-state index contributed by atoms with van der Waals surface area (Å²) in [7, 11) is -2.25. The fraction of sp³-hybridized carbons (Fsp3) is 0.385. The van der Waals surface area contributed by atoms with Crippen LogP contribution in [0.5, 0.6) is 5.75 Å². The van der Waals surface area contributed by atoms with Gasteiger partial charge in [-0.05, 0) is 19.2 Å². The van der Waals surface area contributed by atoms with Crippen LogP contribution in [0.4, 0.5) is 0 Å². The van der Waals surface area contributed by atoms with Crippen LogP contribution >= 0.6 is 23.2 Å². The molecule has 0 aliphatic heterocycles. The van der Waals surface area contributed by atoms with Crippen molar-refractivity contribution in [1.82, 2.24) is 0 Å². The molecule has 1 aromatic carbocycles. The maximum Gasteiger partial charge on any atom is 0.274 e. The first-order valence-corrected chi connectivity index (χ1v) is 12.4. The molecule has 0 unspecified atom stereocenters. The van der Waals surface area contributed by atoms with Gasteiger partial charge in [0.05, 0.1) is 10.0 Å². The summed E-state index contributed by atoms with van der Waals surface area (Å²) in [5.74, 6) is 3.77. The third-order valence-corrected chi connectivity index (χ3v) is 4.02. The summed E-state index contributed by atoms with van der Waals surface area (Å²) in [5, 5.41) is 1.17. The van der Waals surface area contributed by atoms with E-state index in [-0.39, 0.29) is 0 Å². The van der Waals surface area contributed by atoms with Crippen molar-refractivity contribution in [3.63, 3.8) is 0 Å². The Balaban J connectivity index is 3.10. The van der Waals surface area contributed by atoms with E-state index in [1.54, 1.807) is 12.1 Å². The molecule has 0 fully saturated rings. The second-order valence-corrected chi connectivity index (χ2v) is 12.9. The van der Waals surface area contributed by atoms with E-state index < -0.39 is 17.1 Å². The average Bonchev–Trinajstić information content (AvgIpc) is 2.19. The summed E-state index contributed by atoms with van der Waals surface area (Å²) < 4.78 is 5.67. The number of hydrogen-bond donors (Lipinski definition) is 0. The smallest absolute Gasteiger partial charge is 0.274 e. The van der Waals surface area contributed by atoms with E-state index in [9.17, 15) is 0 Å². The first kappa shape index (κ1) is 15.7. The Bertz CT molecular complexity index is 496. The Morgan fingerprint density at radius 3 is 2.22 bits per heavy atom. The third kappa shape index (κ3) is 5.07. The van der Waals surface area contributed by atoms with Gasteiger partial charge in [-0.25, -0.2) is 0 Å². The van der Waals surface area contributed by atoms with Crippen molar-refractivity contribution in [3.8, 4) is 17.2 Å². The number of halogens is 2. The Morgan fingerprint density at radius 2 is 1.72 bits per heavy atom. The highest BCUT2D eigenvalue weighted by Gasteiger charge is 2.11. The van der Waals surface area contributed by atoms with Gasteiger partial charge in [0.15, 0.2) is 0 Å². The zero-order valence-corrected chi connectivity index (χ0v) is 14.8. The molecule has 1 radical (unpaired) electrons. The van der Waals surface area contributed by atoms with E-state index in [0.29, 0.717) is 15.8 Å². The lowest BCUT2D eigenvalue weighted by Gasteiger charge is -2.11. The first-order chi connectivity index (χ1) is 8.19. The Labute approximate surface area is 122 Å². The fourth-order valence-electron chi connectivity index (χ4n) is 1.18. The minimum atomic E-state index is -1.41. The lowest BCUT2D eigenvalue weighted by Crippen LogP contribution is -2.16. The molecule has 0 heterocycles. The molecular formula is C13H17Cl2OSi2. The van der Waals surface area contributed by atoms with Crippen LogP contribution in [0.3, 0.4) is 0 Å². The number of hydrogen-bond acceptors (Lipinski definition) is 1. The number of benzene rings is 1. The summed E-state index contributed by atoms with van der Waals surface area (Å²) in [6, 6.07) is 3.55. The summed E-state index contributed by atoms with van der Waals surface area (Å²) in [6.07, 6.45) is 0. The van der Waals surface area contributed by atoms with E-state index in [2.05, 4.69) is 31.1 Å². The van der Waals surface area contributed by atoms with Crippen molar-refractivity contribution >= 4 is 40.3 Å². The molecule has 0 atom stereocenters. The van der Waals surface area contributed by atoms with Gasteiger partial charge in [-0.15, -0.1) is 5.54 Å². The summed E-state index contributed by atoms with van der Waals surface area (Å²) in [5.41, 5.74) is 4.05. The molecule has 0 spiro atoms. The summed E-state index contributed by atoms with van der Waals surface area (Å²) in [6.45, 7) is 10.7. The second-order valence-electron chi connectivity index (χ2n) is 5.27. The molecule has 0 N–H and O–H groups in total. The van der Waals surface area contributed by atoms with Crippen LogP contribution in [0, 0.1) is 11.5 Å². The molecular weight excluding hydrogens is 299 g/mol. The van der Waals surface area contributed by atoms with Gasteiger partial charge in [0.25, 0.3) is 9.04 Å². The van der Waals surface area contributed by atoms with Crippen molar-refractivity contribution in [3.05, 3.63) is 27.7 Å². The number of rotatable bonds is 2. The lowest BCUT2D eigenvalue weighted by molar-refractivity contribution is 0.581. The van der Waals surface area contributed by atoms with Crippen LogP contribution in [0.2, 0.25) is 42.8 Å². The summed E-state index contributed by atoms with van der Waals surface area (Å²) >= 11 is 12.4. The van der Waals surface area contributed by atoms with Gasteiger partial charge in [-0.2, -0.15) is 0 Å². The summed E-state index contributed by atoms with van der Waals surface area (Å²) in [4.78, 5) is 0. The van der Waals surface area contributed by atoms with Crippen molar-refractivity contribution in [1.29, 1.82) is 0 Å². The third-order valence-electron chi connectivity index (χ3n) is 1.91. The normalized spacial score (nSPS) is 11.1. The van der Waals surface area contributed by atoms with Crippen LogP contribution in [-0.4, -0.2) is 17.1 Å². The van der Waals surface area contributed by atoms with Gasteiger partial charge in [-0.3, -0.25) is 0 Å². The molecule has 18 heavy (non-hydrogen) atoms. The molecule has 0 bridgehead atoms. The molecule has 0 aliphatic rings. The molecule has 1 rings (SSSR count). The van der Waals surface area contributed by atoms with Gasteiger partial charge in [0, 0.05) is 11.6 Å². The quantitative estimate of drug-likeness (QED) is 0.560. The van der Waals surface area contributed by atoms with E-state index in [1.165, 1.54) is 0 Å². The Hall–Kier alpha value is -0.406. The molecule has 0 amide bonds. The standard InChI is InChI=1S/C13H17Cl2OSi2/c1-17(2)16-13-9-11(14)10(8-12(13)15)6-7-18(3,4)5/h8-9H,1-5H3. The van der Waals surface area contributed by atoms with Crippen molar-refractivity contribution in [2.24, 2.45) is 0 Å². The maximum atomic E-state index is 6.20. The highest BCUT2D eigenvalue weighted by Crippen LogP contribution is 2.31. The molecule has 1 aromatic rings. The van der Waals surface area contributed by atoms with Crippen LogP contribution in [0.1, 0.15) is 5.56 Å². The zero-order chi connectivity index (χ0) is 13.9. The van der Waals surface area contributed by atoms with Crippen molar-refractivity contribution < 1.29 is 4.43 Å². The predicted molar refractivity (Wildman–Crippen MR) is 84.8 cm³/mol.